The zero-order chi connectivity index (χ0) is 25.2. The van der Waals surface area contributed by atoms with Gasteiger partial charge in [0.15, 0.2) is 5.78 Å². The SMILES string of the molecule is O=C(Cc1ccccc1)Nc1nnc(CCCCn2cc(C(=O)CCCN3CCC(O)CC3)nn2)s1. The number of nitrogens with one attached hydrogen (secondary N) is 1. The fourth-order valence-electron chi connectivity index (χ4n) is 4.17. The summed E-state index contributed by atoms with van der Waals surface area (Å²) in [5, 5.41) is 30.2. The third kappa shape index (κ3) is 8.28. The molecule has 4 rings (SSSR count). The largest absolute Gasteiger partial charge is 0.393 e. The fraction of sp³-hybridized carbons (Fsp3) is 0.520. The number of hydrogen-bond acceptors (Lipinski definition) is 9. The van der Waals surface area contributed by atoms with Crippen molar-refractivity contribution in [2.24, 2.45) is 0 Å². The number of amides is 1. The number of Topliss-reactive ketones (excluding diaryl/α,β-unsaturated/α-hetero) is 1. The molecule has 11 heteroatoms. The predicted molar refractivity (Wildman–Crippen MR) is 137 cm³/mol. The average Bonchev–Trinajstić information content (AvgIpc) is 3.53. The van der Waals surface area contributed by atoms with Crippen LogP contribution in [0, 0.1) is 0 Å². The summed E-state index contributed by atoms with van der Waals surface area (Å²) in [6.45, 7) is 3.34. The van der Waals surface area contributed by atoms with Gasteiger partial charge in [-0.25, -0.2) is 0 Å². The zero-order valence-corrected chi connectivity index (χ0v) is 21.2. The molecule has 1 amide bonds. The highest BCUT2D eigenvalue weighted by molar-refractivity contribution is 7.15. The molecule has 2 N–H and O–H groups in total. The lowest BCUT2D eigenvalue weighted by Crippen LogP contribution is -2.36. The van der Waals surface area contributed by atoms with Crippen molar-refractivity contribution in [1.82, 2.24) is 30.1 Å². The molecular formula is C25H33N7O3S. The highest BCUT2D eigenvalue weighted by Gasteiger charge is 2.17. The maximum atomic E-state index is 12.4. The van der Waals surface area contributed by atoms with Crippen molar-refractivity contribution >= 4 is 28.2 Å². The number of aliphatic hydroxyl groups excluding tert-OH is 1. The Morgan fingerprint density at radius 3 is 2.64 bits per heavy atom. The normalized spacial score (nSPS) is 14.7. The molecule has 0 atom stereocenters. The first-order valence-electron chi connectivity index (χ1n) is 12.5. The Kier molecular flexibility index (Phi) is 9.65. The molecular weight excluding hydrogens is 478 g/mol. The van der Waals surface area contributed by atoms with Gasteiger partial charge in [0, 0.05) is 32.5 Å². The fourth-order valence-corrected chi connectivity index (χ4v) is 4.97. The van der Waals surface area contributed by atoms with Crippen LogP contribution in [0.1, 0.15) is 59.6 Å². The number of aliphatic hydroxyl groups is 1. The van der Waals surface area contributed by atoms with Crippen LogP contribution in [0.4, 0.5) is 5.13 Å². The first-order valence-corrected chi connectivity index (χ1v) is 13.4. The summed E-state index contributed by atoms with van der Waals surface area (Å²) in [4.78, 5) is 26.9. The predicted octanol–water partition coefficient (Wildman–Crippen LogP) is 2.75. The van der Waals surface area contributed by atoms with Gasteiger partial charge in [0.25, 0.3) is 0 Å². The lowest BCUT2D eigenvalue weighted by molar-refractivity contribution is -0.115. The van der Waals surface area contributed by atoms with Gasteiger partial charge in [0.1, 0.15) is 10.7 Å². The van der Waals surface area contributed by atoms with E-state index in [0.29, 0.717) is 30.2 Å². The molecule has 10 nitrogen and oxygen atoms in total. The van der Waals surface area contributed by atoms with Gasteiger partial charge in [-0.05, 0) is 44.2 Å². The Labute approximate surface area is 214 Å². The summed E-state index contributed by atoms with van der Waals surface area (Å²) in [6.07, 6.45) is 7.26. The van der Waals surface area contributed by atoms with E-state index < -0.39 is 0 Å². The topological polar surface area (TPSA) is 126 Å². The molecule has 0 spiro atoms. The zero-order valence-electron chi connectivity index (χ0n) is 20.4. The van der Waals surface area contributed by atoms with E-state index in [0.717, 1.165) is 68.7 Å². The van der Waals surface area contributed by atoms with Crippen molar-refractivity contribution < 1.29 is 14.7 Å². The van der Waals surface area contributed by atoms with Crippen LogP contribution >= 0.6 is 11.3 Å². The van der Waals surface area contributed by atoms with Crippen molar-refractivity contribution in [3.63, 3.8) is 0 Å². The van der Waals surface area contributed by atoms with E-state index in [9.17, 15) is 14.7 Å². The summed E-state index contributed by atoms with van der Waals surface area (Å²) in [6, 6.07) is 9.58. The molecule has 0 bridgehead atoms. The van der Waals surface area contributed by atoms with Crippen LogP contribution in [0.3, 0.4) is 0 Å². The lowest BCUT2D eigenvalue weighted by Gasteiger charge is -2.29. The van der Waals surface area contributed by atoms with Crippen LogP contribution < -0.4 is 5.32 Å². The van der Waals surface area contributed by atoms with Gasteiger partial charge in [-0.2, -0.15) is 0 Å². The number of hydrogen-bond donors (Lipinski definition) is 2. The van der Waals surface area contributed by atoms with Crippen LogP contribution in [0.5, 0.6) is 0 Å². The number of unbranched alkanes of at least 4 members (excludes halogenated alkanes) is 1. The number of aromatic nitrogens is 5. The van der Waals surface area contributed by atoms with Crippen LogP contribution in [0.2, 0.25) is 0 Å². The van der Waals surface area contributed by atoms with Gasteiger partial charge in [-0.3, -0.25) is 14.3 Å². The van der Waals surface area contributed by atoms with Gasteiger partial charge >= 0.3 is 0 Å². The Morgan fingerprint density at radius 2 is 1.83 bits per heavy atom. The highest BCUT2D eigenvalue weighted by atomic mass is 32.1. The van der Waals surface area contributed by atoms with E-state index in [4.69, 9.17) is 0 Å². The molecule has 1 aromatic carbocycles. The molecule has 3 heterocycles. The van der Waals surface area contributed by atoms with E-state index in [2.05, 4.69) is 30.7 Å². The van der Waals surface area contributed by atoms with Crippen LogP contribution in [0.25, 0.3) is 0 Å². The van der Waals surface area contributed by atoms with Crippen molar-refractivity contribution in [1.29, 1.82) is 0 Å². The minimum Gasteiger partial charge on any atom is -0.393 e. The van der Waals surface area contributed by atoms with Crippen molar-refractivity contribution in [2.45, 2.75) is 64.0 Å². The van der Waals surface area contributed by atoms with E-state index in [1.165, 1.54) is 11.3 Å². The molecule has 0 aliphatic carbocycles. The molecule has 0 unspecified atom stereocenters. The smallest absolute Gasteiger partial charge is 0.230 e. The van der Waals surface area contributed by atoms with Gasteiger partial charge in [-0.15, -0.1) is 15.3 Å². The number of rotatable bonds is 13. The van der Waals surface area contributed by atoms with Crippen LogP contribution in [-0.4, -0.2) is 72.6 Å². The Balaban J connectivity index is 1.11. The number of aryl methyl sites for hydroxylation is 2. The number of likely N-dealkylation sites (tertiary alicyclic amines) is 1. The van der Waals surface area contributed by atoms with Gasteiger partial charge in [0.05, 0.1) is 18.7 Å². The van der Waals surface area contributed by atoms with Crippen LogP contribution in [0.15, 0.2) is 36.5 Å². The number of nitrogens with zero attached hydrogens (tertiary/aromatic N) is 6. The number of carbonyl (C=O) groups excluding carboxylic acids is 2. The van der Waals surface area contributed by atoms with Crippen molar-refractivity contribution in [2.75, 3.05) is 25.0 Å². The molecule has 192 valence electrons. The van der Waals surface area contributed by atoms with Crippen molar-refractivity contribution in [3.8, 4) is 0 Å². The highest BCUT2D eigenvalue weighted by Crippen LogP contribution is 2.18. The number of benzene rings is 1. The van der Waals surface area contributed by atoms with Crippen molar-refractivity contribution in [3.05, 3.63) is 52.8 Å². The van der Waals surface area contributed by atoms with E-state index in [-0.39, 0.29) is 17.8 Å². The second kappa shape index (κ2) is 13.3. The molecule has 36 heavy (non-hydrogen) atoms. The Bertz CT molecular complexity index is 1110. The monoisotopic (exact) mass is 511 g/mol. The number of ketones is 1. The van der Waals surface area contributed by atoms with E-state index >= 15 is 0 Å². The quantitative estimate of drug-likeness (QED) is 0.265. The molecule has 3 aromatic rings. The molecule has 1 aliphatic rings. The standard InChI is InChI=1S/C25H33N7O3S/c33-20-11-15-31(16-12-20)13-6-9-22(34)21-18-32(30-27-21)14-5-4-10-24-28-29-25(36-24)26-23(35)17-19-7-2-1-3-8-19/h1-3,7-8,18,20,33H,4-6,9-17H2,(H,26,29,35). The maximum absolute atomic E-state index is 12.4. The van der Waals surface area contributed by atoms with Crippen LogP contribution in [-0.2, 0) is 24.2 Å². The maximum Gasteiger partial charge on any atom is 0.230 e. The van der Waals surface area contributed by atoms with Gasteiger partial charge in [0.2, 0.25) is 11.0 Å². The lowest BCUT2D eigenvalue weighted by atomic mass is 10.1. The third-order valence-corrected chi connectivity index (χ3v) is 7.11. The van der Waals surface area contributed by atoms with Gasteiger partial charge < -0.3 is 15.3 Å². The number of carbonyl (C=O) groups is 2. The van der Waals surface area contributed by atoms with E-state index in [1.807, 2.05) is 30.3 Å². The first kappa shape index (κ1) is 26.1. The summed E-state index contributed by atoms with van der Waals surface area (Å²) in [5.74, 6) is -0.0826. The second-order valence-corrected chi connectivity index (χ2v) is 10.2. The second-order valence-electron chi connectivity index (χ2n) is 9.14. The molecule has 2 aromatic heterocycles. The summed E-state index contributed by atoms with van der Waals surface area (Å²) < 4.78 is 1.72. The molecule has 1 aliphatic heterocycles. The Morgan fingerprint density at radius 1 is 1.03 bits per heavy atom. The summed E-state index contributed by atoms with van der Waals surface area (Å²) >= 11 is 1.39. The molecule has 1 saturated heterocycles. The molecule has 0 saturated carbocycles. The summed E-state index contributed by atoms with van der Waals surface area (Å²) in [5.41, 5.74) is 1.38. The van der Waals surface area contributed by atoms with Gasteiger partial charge in [-0.1, -0.05) is 46.9 Å². The minimum atomic E-state index is -0.175. The molecule has 1 fully saturated rings. The average molecular weight is 512 g/mol. The first-order chi connectivity index (χ1) is 17.5. The minimum absolute atomic E-state index is 0.0222. The third-order valence-electron chi connectivity index (χ3n) is 6.21. The van der Waals surface area contributed by atoms with E-state index in [1.54, 1.807) is 10.9 Å². The molecule has 0 radical (unpaired) electrons. The number of piperidine rings is 1. The number of anilines is 1. The Hall–Kier alpha value is -3.02. The summed E-state index contributed by atoms with van der Waals surface area (Å²) in [7, 11) is 0.